The van der Waals surface area contributed by atoms with Gasteiger partial charge in [0.05, 0.1) is 11.5 Å². The van der Waals surface area contributed by atoms with Gasteiger partial charge in [-0.3, -0.25) is 9.69 Å². The predicted molar refractivity (Wildman–Crippen MR) is 139 cm³/mol. The van der Waals surface area contributed by atoms with E-state index in [2.05, 4.69) is 0 Å². The fraction of sp³-hybridized carbons (Fsp3) is 0.567. The number of rotatable bonds is 9. The lowest BCUT2D eigenvalue weighted by molar-refractivity contribution is -0.200. The molecule has 0 saturated carbocycles. The first-order valence-corrected chi connectivity index (χ1v) is 13.5. The van der Waals surface area contributed by atoms with E-state index >= 15 is 0 Å². The molecule has 0 spiro atoms. The Bertz CT molecular complexity index is 1110. The van der Waals surface area contributed by atoms with Crippen LogP contribution < -0.4 is 0 Å². The number of hydrogen-bond acceptors (Lipinski definition) is 2. The average Bonchev–Trinajstić information content (AvgIpc) is 2.84. The van der Waals surface area contributed by atoms with Crippen molar-refractivity contribution in [2.24, 2.45) is 11.8 Å². The lowest BCUT2D eigenvalue weighted by Gasteiger charge is -2.43. The molecular weight excluding hydrogens is 520 g/mol. The number of carboxylic acids is 1. The maximum absolute atomic E-state index is 14.1. The number of benzene rings is 2. The zero-order valence-corrected chi connectivity index (χ0v) is 22.7. The van der Waals surface area contributed by atoms with E-state index in [1.54, 1.807) is 18.2 Å². The minimum atomic E-state index is -4.51. The molecule has 3 atom stereocenters. The molecule has 0 bridgehead atoms. The second-order valence-corrected chi connectivity index (χ2v) is 11.4. The van der Waals surface area contributed by atoms with Gasteiger partial charge in [0, 0.05) is 6.04 Å². The number of nitrogens with zero attached hydrogens (tertiary/aromatic N) is 1. The van der Waals surface area contributed by atoms with Gasteiger partial charge in [0.25, 0.3) is 0 Å². The van der Waals surface area contributed by atoms with Crippen LogP contribution in [-0.2, 0) is 11.0 Å². The second-order valence-electron chi connectivity index (χ2n) is 11.4. The van der Waals surface area contributed by atoms with E-state index in [-0.39, 0.29) is 24.8 Å². The molecular formula is C30H37F6NO2. The summed E-state index contributed by atoms with van der Waals surface area (Å²) in [5, 5.41) is 10.0. The minimum absolute atomic E-state index is 0.00531. The Morgan fingerprint density at radius 1 is 0.923 bits per heavy atom. The summed E-state index contributed by atoms with van der Waals surface area (Å²) in [7, 11) is 0. The van der Waals surface area contributed by atoms with Crippen LogP contribution in [0.5, 0.6) is 0 Å². The summed E-state index contributed by atoms with van der Waals surface area (Å²) in [5.74, 6) is -1.72. The molecule has 3 nitrogen and oxygen atoms in total. The summed E-state index contributed by atoms with van der Waals surface area (Å²) in [6.45, 7) is 7.92. The monoisotopic (exact) mass is 557 g/mol. The maximum Gasteiger partial charge on any atom is 0.416 e. The molecule has 0 unspecified atom stereocenters. The summed E-state index contributed by atoms with van der Waals surface area (Å²) in [6.07, 6.45) is -7.20. The Kier molecular flexibility index (Phi) is 9.78. The molecule has 1 aliphatic rings. The van der Waals surface area contributed by atoms with Crippen molar-refractivity contribution in [2.45, 2.75) is 90.2 Å². The zero-order valence-electron chi connectivity index (χ0n) is 22.7. The minimum Gasteiger partial charge on any atom is -0.481 e. The predicted octanol–water partition coefficient (Wildman–Crippen LogP) is 9.09. The van der Waals surface area contributed by atoms with Crippen LogP contribution in [0.3, 0.4) is 0 Å². The normalized spacial score (nSPS) is 20.0. The number of aliphatic carboxylic acids is 1. The third kappa shape index (κ3) is 7.99. The number of hydrogen-bond donors (Lipinski definition) is 1. The van der Waals surface area contributed by atoms with Crippen molar-refractivity contribution in [2.75, 3.05) is 6.54 Å². The van der Waals surface area contributed by atoms with Crippen LogP contribution in [0.15, 0.2) is 42.5 Å². The van der Waals surface area contributed by atoms with Crippen LogP contribution >= 0.6 is 0 Å². The molecule has 1 aliphatic heterocycles. The fourth-order valence-corrected chi connectivity index (χ4v) is 5.42. The van der Waals surface area contributed by atoms with Gasteiger partial charge < -0.3 is 5.11 Å². The summed E-state index contributed by atoms with van der Waals surface area (Å²) in [5.41, 5.74) is 1.13. The van der Waals surface area contributed by atoms with Gasteiger partial charge in [-0.05, 0) is 90.9 Å². The largest absolute Gasteiger partial charge is 0.481 e. The number of halogens is 6. The highest BCUT2D eigenvalue weighted by Crippen LogP contribution is 2.43. The van der Waals surface area contributed by atoms with Crippen molar-refractivity contribution in [1.82, 2.24) is 4.90 Å². The Balaban J connectivity index is 2.16. The van der Waals surface area contributed by atoms with E-state index in [9.17, 15) is 36.2 Å². The molecule has 3 rings (SSSR count). The number of carbonyl (C=O) groups is 1. The van der Waals surface area contributed by atoms with Crippen molar-refractivity contribution < 1.29 is 36.2 Å². The summed E-state index contributed by atoms with van der Waals surface area (Å²) < 4.78 is 81.8. The first-order chi connectivity index (χ1) is 18.1. The van der Waals surface area contributed by atoms with Crippen molar-refractivity contribution in [3.63, 3.8) is 0 Å². The standard InChI is InChI=1S/C30H37F6NO2/c1-18(2)12-13-37-26(6-5-7-27(37)30(34,35)36)23-16-21(20-8-10-24(11-9-20)29(31,32)33)15-22(17-23)25(28(38)39)14-19(3)4/h8-11,15-19,25-27H,5-7,12-14H2,1-4H3,(H,38,39)/t25-,26+,27-/m0/s1. The Morgan fingerprint density at radius 2 is 1.56 bits per heavy atom. The zero-order chi connectivity index (χ0) is 29.1. The van der Waals surface area contributed by atoms with Gasteiger partial charge in [-0.15, -0.1) is 0 Å². The van der Waals surface area contributed by atoms with Crippen LogP contribution in [0.1, 0.15) is 88.4 Å². The van der Waals surface area contributed by atoms with Gasteiger partial charge in [-0.2, -0.15) is 26.3 Å². The second kappa shape index (κ2) is 12.3. The highest BCUT2D eigenvalue weighted by molar-refractivity contribution is 5.77. The Morgan fingerprint density at radius 3 is 2.08 bits per heavy atom. The van der Waals surface area contributed by atoms with Crippen molar-refractivity contribution >= 4 is 5.97 Å². The van der Waals surface area contributed by atoms with Gasteiger partial charge in [-0.1, -0.05) is 52.0 Å². The molecule has 0 radical (unpaired) electrons. The maximum atomic E-state index is 14.1. The highest BCUT2D eigenvalue weighted by atomic mass is 19.4. The van der Waals surface area contributed by atoms with Gasteiger partial charge in [0.15, 0.2) is 0 Å². The first kappa shape index (κ1) is 31.0. The summed E-state index contributed by atoms with van der Waals surface area (Å²) >= 11 is 0. The lowest BCUT2D eigenvalue weighted by Crippen LogP contribution is -2.50. The van der Waals surface area contributed by atoms with E-state index in [4.69, 9.17) is 0 Å². The molecule has 216 valence electrons. The number of alkyl halides is 6. The van der Waals surface area contributed by atoms with E-state index in [1.165, 1.54) is 17.0 Å². The molecule has 1 heterocycles. The topological polar surface area (TPSA) is 40.5 Å². The molecule has 2 aromatic carbocycles. The number of likely N-dealkylation sites (tertiary alicyclic amines) is 1. The Hall–Kier alpha value is -2.55. The molecule has 39 heavy (non-hydrogen) atoms. The van der Waals surface area contributed by atoms with Crippen molar-refractivity contribution in [3.05, 3.63) is 59.2 Å². The molecule has 1 N–H and O–H groups in total. The van der Waals surface area contributed by atoms with Crippen LogP contribution in [0.2, 0.25) is 0 Å². The smallest absolute Gasteiger partial charge is 0.416 e. The van der Waals surface area contributed by atoms with Crippen molar-refractivity contribution in [1.29, 1.82) is 0 Å². The highest BCUT2D eigenvalue weighted by Gasteiger charge is 2.47. The van der Waals surface area contributed by atoms with Gasteiger partial charge in [0.1, 0.15) is 6.04 Å². The van der Waals surface area contributed by atoms with Crippen LogP contribution in [-0.4, -0.2) is 34.7 Å². The quantitative estimate of drug-likeness (QED) is 0.313. The summed E-state index contributed by atoms with van der Waals surface area (Å²) in [4.78, 5) is 13.8. The fourth-order valence-electron chi connectivity index (χ4n) is 5.42. The van der Waals surface area contributed by atoms with Crippen LogP contribution in [0, 0.1) is 11.8 Å². The summed E-state index contributed by atoms with van der Waals surface area (Å²) in [6, 6.07) is 7.41. The van der Waals surface area contributed by atoms with Crippen LogP contribution in [0.4, 0.5) is 26.3 Å². The molecule has 0 amide bonds. The molecule has 2 aromatic rings. The molecule has 9 heteroatoms. The third-order valence-corrected chi connectivity index (χ3v) is 7.41. The van der Waals surface area contributed by atoms with Gasteiger partial charge in [0.2, 0.25) is 0 Å². The van der Waals surface area contributed by atoms with E-state index < -0.39 is 41.9 Å². The van der Waals surface area contributed by atoms with E-state index in [0.29, 0.717) is 47.9 Å². The van der Waals surface area contributed by atoms with Crippen LogP contribution in [0.25, 0.3) is 11.1 Å². The average molecular weight is 558 g/mol. The Labute approximate surface area is 226 Å². The molecule has 1 fully saturated rings. The molecule has 1 saturated heterocycles. The van der Waals surface area contributed by atoms with E-state index in [1.807, 2.05) is 27.7 Å². The third-order valence-electron chi connectivity index (χ3n) is 7.41. The molecule has 0 aliphatic carbocycles. The number of piperidine rings is 1. The van der Waals surface area contributed by atoms with E-state index in [0.717, 1.165) is 12.1 Å². The lowest BCUT2D eigenvalue weighted by atomic mass is 9.83. The van der Waals surface area contributed by atoms with Gasteiger partial charge in [-0.25, -0.2) is 0 Å². The van der Waals surface area contributed by atoms with Gasteiger partial charge >= 0.3 is 18.3 Å². The van der Waals surface area contributed by atoms with Crippen molar-refractivity contribution in [3.8, 4) is 11.1 Å². The first-order valence-electron chi connectivity index (χ1n) is 13.5. The SMILES string of the molecule is CC(C)CCN1[C@@H](c2cc(-c3ccc(C(F)(F)F)cc3)cc([C@H](CC(C)C)C(=O)O)c2)CCC[C@H]1C(F)(F)F. The number of carboxylic acid groups (broad SMARTS) is 1. The molecule has 0 aromatic heterocycles.